The Hall–Kier alpha value is -0.900. The van der Waals surface area contributed by atoms with Crippen LogP contribution in [0.25, 0.3) is 0 Å². The van der Waals surface area contributed by atoms with Gasteiger partial charge >= 0.3 is 0 Å². The number of hydrogen-bond donors (Lipinski definition) is 0. The summed E-state index contributed by atoms with van der Waals surface area (Å²) in [6.45, 7) is 5.19. The quantitative estimate of drug-likeness (QED) is 0.714. The number of carbonyl (C=O) groups is 1. The van der Waals surface area contributed by atoms with Crippen molar-refractivity contribution in [1.29, 1.82) is 0 Å². The van der Waals surface area contributed by atoms with E-state index in [4.69, 9.17) is 0 Å². The molecule has 0 amide bonds. The van der Waals surface area contributed by atoms with E-state index in [-0.39, 0.29) is 0 Å². The van der Waals surface area contributed by atoms with Gasteiger partial charge in [-0.05, 0) is 26.2 Å². The summed E-state index contributed by atoms with van der Waals surface area (Å²) < 4.78 is 0. The Bertz CT molecular complexity index is 371. The van der Waals surface area contributed by atoms with Crippen molar-refractivity contribution in [2.24, 2.45) is 0 Å². The number of nitrogens with zero attached hydrogens (tertiary/aromatic N) is 2. The summed E-state index contributed by atoms with van der Waals surface area (Å²) in [4.78, 5) is 18.5. The lowest BCUT2D eigenvalue weighted by Crippen LogP contribution is -2.26. The van der Waals surface area contributed by atoms with Crippen molar-refractivity contribution in [3.8, 4) is 0 Å². The molecule has 0 bridgehead atoms. The van der Waals surface area contributed by atoms with Crippen LogP contribution in [0.3, 0.4) is 0 Å². The van der Waals surface area contributed by atoms with Crippen molar-refractivity contribution in [2.75, 3.05) is 11.4 Å². The molecule has 0 spiro atoms. The fraction of sp³-hybridized carbons (Fsp3) is 0.667. The van der Waals surface area contributed by atoms with Gasteiger partial charge in [0.05, 0.1) is 10.6 Å². The second-order valence-electron chi connectivity index (χ2n) is 4.34. The fourth-order valence-corrected chi connectivity index (χ4v) is 2.75. The summed E-state index contributed by atoms with van der Waals surface area (Å²) in [6, 6.07) is 0.677. The Morgan fingerprint density at radius 1 is 1.56 bits per heavy atom. The highest BCUT2D eigenvalue weighted by atomic mass is 32.1. The van der Waals surface area contributed by atoms with Crippen molar-refractivity contribution in [3.63, 3.8) is 0 Å². The second kappa shape index (κ2) is 4.95. The molecule has 0 radical (unpaired) electrons. The van der Waals surface area contributed by atoms with E-state index in [0.717, 1.165) is 28.5 Å². The Morgan fingerprint density at radius 2 is 2.31 bits per heavy atom. The van der Waals surface area contributed by atoms with Crippen molar-refractivity contribution in [1.82, 2.24) is 4.98 Å². The van der Waals surface area contributed by atoms with E-state index >= 15 is 0 Å². The van der Waals surface area contributed by atoms with Crippen LogP contribution in [0.1, 0.15) is 48.0 Å². The highest BCUT2D eigenvalue weighted by Gasteiger charge is 2.30. The molecule has 2 rings (SSSR count). The number of aromatic nitrogens is 1. The van der Waals surface area contributed by atoms with E-state index in [1.165, 1.54) is 37.0 Å². The van der Waals surface area contributed by atoms with Crippen LogP contribution in [-0.4, -0.2) is 23.9 Å². The van der Waals surface area contributed by atoms with Crippen LogP contribution in [0.4, 0.5) is 5.13 Å². The lowest BCUT2D eigenvalue weighted by atomic mass is 10.3. The molecule has 1 heterocycles. The zero-order valence-electron chi connectivity index (χ0n) is 9.90. The van der Waals surface area contributed by atoms with Gasteiger partial charge in [0, 0.05) is 12.6 Å². The molecule has 0 saturated heterocycles. The molecule has 1 aromatic heterocycles. The molecule has 3 nitrogen and oxygen atoms in total. The first kappa shape index (κ1) is 11.6. The molecular formula is C12H18N2OS. The number of hydrogen-bond acceptors (Lipinski definition) is 4. The Labute approximate surface area is 100 Å². The molecule has 1 aromatic rings. The maximum atomic E-state index is 10.8. The fourth-order valence-electron chi connectivity index (χ4n) is 1.77. The third kappa shape index (κ3) is 2.43. The minimum absolute atomic E-state index is 0.677. The van der Waals surface area contributed by atoms with Gasteiger partial charge in [-0.3, -0.25) is 4.79 Å². The highest BCUT2D eigenvalue weighted by molar-refractivity contribution is 7.17. The van der Waals surface area contributed by atoms with Crippen LogP contribution >= 0.6 is 11.3 Å². The Kier molecular flexibility index (Phi) is 3.59. The summed E-state index contributed by atoms with van der Waals surface area (Å²) in [7, 11) is 0. The molecule has 0 aromatic carbocycles. The van der Waals surface area contributed by atoms with Gasteiger partial charge in [0.15, 0.2) is 11.4 Å². The first-order valence-electron chi connectivity index (χ1n) is 5.95. The smallest absolute Gasteiger partial charge is 0.186 e. The second-order valence-corrected chi connectivity index (χ2v) is 5.35. The summed E-state index contributed by atoms with van der Waals surface area (Å²) in [6.07, 6.45) is 5.87. The van der Waals surface area contributed by atoms with E-state index in [0.29, 0.717) is 6.04 Å². The molecule has 1 fully saturated rings. The predicted molar refractivity (Wildman–Crippen MR) is 67.5 cm³/mol. The molecule has 1 aliphatic rings. The van der Waals surface area contributed by atoms with Gasteiger partial charge in [0.1, 0.15) is 0 Å². The van der Waals surface area contributed by atoms with Gasteiger partial charge in [0.2, 0.25) is 0 Å². The van der Waals surface area contributed by atoms with Gasteiger partial charge in [-0.2, -0.15) is 0 Å². The monoisotopic (exact) mass is 238 g/mol. The maximum absolute atomic E-state index is 10.8. The normalized spacial score (nSPS) is 15.1. The standard InChI is InChI=1S/C12H18N2OS/c1-3-4-7-14(10-5-6-10)12-13-9(2)11(8-15)16-12/h8,10H,3-7H2,1-2H3. The van der Waals surface area contributed by atoms with Crippen LogP contribution in [-0.2, 0) is 0 Å². The van der Waals surface area contributed by atoms with Gasteiger partial charge in [-0.1, -0.05) is 24.7 Å². The highest BCUT2D eigenvalue weighted by Crippen LogP contribution is 2.35. The zero-order valence-corrected chi connectivity index (χ0v) is 10.7. The third-order valence-corrected chi connectivity index (χ3v) is 4.03. The average Bonchev–Trinajstić information content (AvgIpc) is 3.03. The molecule has 0 atom stereocenters. The molecular weight excluding hydrogens is 220 g/mol. The molecule has 4 heteroatoms. The first-order chi connectivity index (χ1) is 7.76. The van der Waals surface area contributed by atoms with E-state index in [9.17, 15) is 4.79 Å². The summed E-state index contributed by atoms with van der Waals surface area (Å²) in [5, 5.41) is 1.04. The maximum Gasteiger partial charge on any atom is 0.186 e. The minimum Gasteiger partial charge on any atom is -0.345 e. The lowest BCUT2D eigenvalue weighted by Gasteiger charge is -2.20. The number of anilines is 1. The number of thiazole rings is 1. The van der Waals surface area contributed by atoms with E-state index in [2.05, 4.69) is 16.8 Å². The van der Waals surface area contributed by atoms with Crippen LogP contribution in [0.2, 0.25) is 0 Å². The van der Waals surface area contributed by atoms with Crippen molar-refractivity contribution < 1.29 is 4.79 Å². The van der Waals surface area contributed by atoms with Gasteiger partial charge in [-0.25, -0.2) is 4.98 Å². The van der Waals surface area contributed by atoms with Crippen molar-refractivity contribution >= 4 is 22.8 Å². The zero-order chi connectivity index (χ0) is 11.5. The van der Waals surface area contributed by atoms with Crippen LogP contribution in [0.5, 0.6) is 0 Å². The van der Waals surface area contributed by atoms with Crippen molar-refractivity contribution in [2.45, 2.75) is 45.6 Å². The summed E-state index contributed by atoms with van der Waals surface area (Å²) in [5.74, 6) is 0. The first-order valence-corrected chi connectivity index (χ1v) is 6.77. The number of rotatable bonds is 6. The van der Waals surface area contributed by atoms with E-state index in [1.54, 1.807) is 0 Å². The van der Waals surface area contributed by atoms with Crippen LogP contribution in [0, 0.1) is 6.92 Å². The van der Waals surface area contributed by atoms with E-state index in [1.807, 2.05) is 6.92 Å². The molecule has 0 unspecified atom stereocenters. The minimum atomic E-state index is 0.677. The van der Waals surface area contributed by atoms with Crippen LogP contribution in [0.15, 0.2) is 0 Å². The number of carbonyl (C=O) groups excluding carboxylic acids is 1. The predicted octanol–water partition coefficient (Wildman–Crippen LogP) is 3.03. The molecule has 0 N–H and O–H groups in total. The van der Waals surface area contributed by atoms with Crippen LogP contribution < -0.4 is 4.90 Å². The largest absolute Gasteiger partial charge is 0.345 e. The number of aldehydes is 1. The third-order valence-electron chi connectivity index (χ3n) is 2.91. The molecule has 88 valence electrons. The summed E-state index contributed by atoms with van der Waals surface area (Å²) >= 11 is 1.53. The lowest BCUT2D eigenvalue weighted by molar-refractivity contribution is 0.112. The van der Waals surface area contributed by atoms with E-state index < -0.39 is 0 Å². The number of aryl methyl sites for hydroxylation is 1. The molecule has 0 aliphatic heterocycles. The summed E-state index contributed by atoms with van der Waals surface area (Å²) in [5.41, 5.74) is 0.872. The Morgan fingerprint density at radius 3 is 2.81 bits per heavy atom. The molecule has 16 heavy (non-hydrogen) atoms. The SMILES string of the molecule is CCCCN(c1nc(C)c(C=O)s1)C1CC1. The van der Waals surface area contributed by atoms with Crippen molar-refractivity contribution in [3.05, 3.63) is 10.6 Å². The topological polar surface area (TPSA) is 33.2 Å². The van der Waals surface area contributed by atoms with Gasteiger partial charge in [-0.15, -0.1) is 0 Å². The van der Waals surface area contributed by atoms with Gasteiger partial charge < -0.3 is 4.90 Å². The average molecular weight is 238 g/mol. The molecule has 1 saturated carbocycles. The van der Waals surface area contributed by atoms with Gasteiger partial charge in [0.25, 0.3) is 0 Å². The Balaban J connectivity index is 2.13. The number of unbranched alkanes of at least 4 members (excludes halogenated alkanes) is 1. The molecule has 1 aliphatic carbocycles.